The van der Waals surface area contributed by atoms with Gasteiger partial charge in [-0.3, -0.25) is 9.59 Å². The predicted molar refractivity (Wildman–Crippen MR) is 68.0 cm³/mol. The molecular formula is C12H16N2O4. The number of amides is 2. The molecule has 0 aromatic carbocycles. The third-order valence-corrected chi connectivity index (χ3v) is 1.26. The van der Waals surface area contributed by atoms with Gasteiger partial charge >= 0.3 is 5.97 Å². The average molecular weight is 252 g/mol. The van der Waals surface area contributed by atoms with Crippen LogP contribution in [-0.2, 0) is 19.1 Å². The zero-order valence-electron chi connectivity index (χ0n) is 9.98. The van der Waals surface area contributed by atoms with Crippen molar-refractivity contribution in [3.63, 3.8) is 0 Å². The molecule has 0 rings (SSSR count). The Morgan fingerprint density at radius 1 is 0.889 bits per heavy atom. The van der Waals surface area contributed by atoms with Crippen LogP contribution in [0.5, 0.6) is 0 Å². The summed E-state index contributed by atoms with van der Waals surface area (Å²) in [5, 5.41) is 4.72. The summed E-state index contributed by atoms with van der Waals surface area (Å²) in [4.78, 5) is 31.0. The number of esters is 1. The molecule has 0 atom stereocenters. The van der Waals surface area contributed by atoms with Crippen LogP contribution in [0, 0.1) is 0 Å². The van der Waals surface area contributed by atoms with Crippen molar-refractivity contribution in [1.29, 1.82) is 0 Å². The van der Waals surface area contributed by atoms with Gasteiger partial charge in [0.1, 0.15) is 0 Å². The van der Waals surface area contributed by atoms with Gasteiger partial charge in [-0.25, -0.2) is 4.79 Å². The summed E-state index contributed by atoms with van der Waals surface area (Å²) in [6.07, 6.45) is 4.38. The largest absolute Gasteiger partial charge is 0.432 e. The van der Waals surface area contributed by atoms with Gasteiger partial charge in [0.25, 0.3) is 0 Å². The first kappa shape index (κ1) is 17.8. The lowest BCUT2D eigenvalue weighted by atomic mass is 10.5. The minimum Gasteiger partial charge on any atom is -0.432 e. The first-order chi connectivity index (χ1) is 8.51. The molecule has 0 aromatic rings. The van der Waals surface area contributed by atoms with E-state index in [1.807, 2.05) is 0 Å². The zero-order valence-corrected chi connectivity index (χ0v) is 9.98. The number of hydrogen-bond acceptors (Lipinski definition) is 4. The van der Waals surface area contributed by atoms with Crippen LogP contribution < -0.4 is 10.6 Å². The van der Waals surface area contributed by atoms with Gasteiger partial charge in [0.15, 0.2) is 0 Å². The Balaban J connectivity index is 0. The number of ether oxygens (including phenoxy) is 1. The fourth-order valence-corrected chi connectivity index (χ4v) is 0.493. The van der Waals surface area contributed by atoms with Gasteiger partial charge in [-0.1, -0.05) is 26.3 Å². The van der Waals surface area contributed by atoms with Gasteiger partial charge in [-0.15, -0.1) is 0 Å². The first-order valence-corrected chi connectivity index (χ1v) is 4.76. The van der Waals surface area contributed by atoms with Gasteiger partial charge in [-0.2, -0.15) is 0 Å². The van der Waals surface area contributed by atoms with E-state index in [-0.39, 0.29) is 18.5 Å². The van der Waals surface area contributed by atoms with Crippen molar-refractivity contribution in [1.82, 2.24) is 10.6 Å². The Morgan fingerprint density at radius 2 is 1.33 bits per heavy atom. The molecular weight excluding hydrogens is 236 g/mol. The van der Waals surface area contributed by atoms with Crippen LogP contribution in [0.15, 0.2) is 50.8 Å². The van der Waals surface area contributed by atoms with Gasteiger partial charge < -0.3 is 15.4 Å². The van der Waals surface area contributed by atoms with E-state index in [2.05, 4.69) is 41.7 Å². The molecule has 0 radical (unpaired) electrons. The Labute approximate surface area is 106 Å². The molecule has 0 aliphatic heterocycles. The third-order valence-electron chi connectivity index (χ3n) is 1.26. The normalized spacial score (nSPS) is 7.56. The average Bonchev–Trinajstić information content (AvgIpc) is 2.39. The van der Waals surface area contributed by atoms with E-state index < -0.39 is 5.97 Å². The summed E-state index contributed by atoms with van der Waals surface area (Å²) < 4.78 is 4.20. The molecule has 18 heavy (non-hydrogen) atoms. The number of carbonyl (C=O) groups is 3. The van der Waals surface area contributed by atoms with E-state index in [0.717, 1.165) is 24.5 Å². The van der Waals surface area contributed by atoms with Crippen molar-refractivity contribution < 1.29 is 19.1 Å². The molecule has 2 N–H and O–H groups in total. The fraction of sp³-hybridized carbons (Fsp3) is 0.0833. The summed E-state index contributed by atoms with van der Waals surface area (Å²) >= 11 is 0. The number of carbonyl (C=O) groups excluding carboxylic acids is 3. The first-order valence-electron chi connectivity index (χ1n) is 4.76. The monoisotopic (exact) mass is 252 g/mol. The number of rotatable bonds is 6. The molecule has 0 bridgehead atoms. The number of nitrogens with one attached hydrogen (secondary N) is 2. The third kappa shape index (κ3) is 13.4. The van der Waals surface area contributed by atoms with E-state index in [9.17, 15) is 14.4 Å². The highest BCUT2D eigenvalue weighted by molar-refractivity contribution is 5.89. The molecule has 0 aliphatic rings. The molecule has 0 aromatic heterocycles. The Hall–Kier alpha value is -2.63. The van der Waals surface area contributed by atoms with Crippen LogP contribution >= 0.6 is 0 Å². The second kappa shape index (κ2) is 12.4. The summed E-state index contributed by atoms with van der Waals surface area (Å²) in [5.74, 6) is -1.13. The van der Waals surface area contributed by atoms with Crippen LogP contribution in [0.2, 0.25) is 0 Å². The second-order valence-electron chi connectivity index (χ2n) is 2.47. The Kier molecular flexibility index (Phi) is 12.3. The van der Waals surface area contributed by atoms with Crippen molar-refractivity contribution in [3.05, 3.63) is 50.8 Å². The molecule has 0 saturated carbocycles. The molecule has 0 saturated heterocycles. The van der Waals surface area contributed by atoms with Crippen LogP contribution in [0.3, 0.4) is 0 Å². The lowest BCUT2D eigenvalue weighted by molar-refractivity contribution is -0.132. The molecule has 98 valence electrons. The van der Waals surface area contributed by atoms with E-state index in [4.69, 9.17) is 0 Å². The van der Waals surface area contributed by atoms with Crippen LogP contribution in [0.25, 0.3) is 0 Å². The quantitative estimate of drug-likeness (QED) is 0.310. The van der Waals surface area contributed by atoms with Gasteiger partial charge in [0, 0.05) is 6.08 Å². The van der Waals surface area contributed by atoms with Crippen molar-refractivity contribution in [2.24, 2.45) is 0 Å². The Bertz CT molecular complexity index is 328. The fourth-order valence-electron chi connectivity index (χ4n) is 0.493. The molecule has 6 nitrogen and oxygen atoms in total. The summed E-state index contributed by atoms with van der Waals surface area (Å²) in [6.45, 7) is 12.9. The predicted octanol–water partition coefficient (Wildman–Crippen LogP) is 0.407. The van der Waals surface area contributed by atoms with Crippen molar-refractivity contribution >= 4 is 17.8 Å². The highest BCUT2D eigenvalue weighted by atomic mass is 16.5. The minimum atomic E-state index is -0.477. The van der Waals surface area contributed by atoms with Gasteiger partial charge in [0.2, 0.25) is 11.8 Å². The maximum absolute atomic E-state index is 10.5. The van der Waals surface area contributed by atoms with E-state index in [1.165, 1.54) is 0 Å². The topological polar surface area (TPSA) is 84.5 Å². The highest BCUT2D eigenvalue weighted by Gasteiger charge is 1.93. The lowest BCUT2D eigenvalue weighted by Gasteiger charge is -2.01. The second-order valence-corrected chi connectivity index (χ2v) is 2.47. The van der Waals surface area contributed by atoms with E-state index in [0.29, 0.717) is 0 Å². The maximum atomic E-state index is 10.5. The summed E-state index contributed by atoms with van der Waals surface area (Å²) in [6, 6.07) is 0. The number of hydrogen-bond donors (Lipinski definition) is 2. The van der Waals surface area contributed by atoms with Crippen molar-refractivity contribution in [2.45, 2.75) is 0 Å². The molecule has 0 heterocycles. The standard InChI is InChI=1S/C7H10N2O2.C5H6O2/c1-3-6(10)8-5-9-7(11)4-2;1-3-5(6)7-4-2/h3-4H,1-2,5H2,(H,8,10)(H,9,11);3-4H,1-2H2. The SMILES string of the molecule is C=CC(=O)NCNC(=O)C=C.C=COC(=O)C=C. The molecule has 0 spiro atoms. The van der Waals surface area contributed by atoms with E-state index in [1.54, 1.807) is 0 Å². The highest BCUT2D eigenvalue weighted by Crippen LogP contribution is 1.75. The smallest absolute Gasteiger partial charge is 0.334 e. The molecule has 6 heteroatoms. The molecule has 2 amide bonds. The molecule has 0 aliphatic carbocycles. The summed E-state index contributed by atoms with van der Waals surface area (Å²) in [5.41, 5.74) is 0. The van der Waals surface area contributed by atoms with E-state index >= 15 is 0 Å². The van der Waals surface area contributed by atoms with Gasteiger partial charge in [-0.05, 0) is 12.2 Å². The maximum Gasteiger partial charge on any atom is 0.334 e. The molecule has 0 unspecified atom stereocenters. The van der Waals surface area contributed by atoms with Crippen molar-refractivity contribution in [3.8, 4) is 0 Å². The van der Waals surface area contributed by atoms with Crippen molar-refractivity contribution in [2.75, 3.05) is 6.67 Å². The van der Waals surface area contributed by atoms with Crippen LogP contribution in [0.4, 0.5) is 0 Å². The summed E-state index contributed by atoms with van der Waals surface area (Å²) in [7, 11) is 0. The van der Waals surface area contributed by atoms with Crippen LogP contribution in [0.1, 0.15) is 0 Å². The molecule has 0 fully saturated rings. The van der Waals surface area contributed by atoms with Gasteiger partial charge in [0.05, 0.1) is 12.9 Å². The van der Waals surface area contributed by atoms with Crippen LogP contribution in [-0.4, -0.2) is 24.5 Å². The Morgan fingerprint density at radius 3 is 1.56 bits per heavy atom. The minimum absolute atomic E-state index is 0.0930. The lowest BCUT2D eigenvalue weighted by Crippen LogP contribution is -2.35. The zero-order chi connectivity index (χ0) is 14.4.